The van der Waals surface area contributed by atoms with Crippen LogP contribution in [0.25, 0.3) is 0 Å². The molecular formula is C18H23F3N2O. The summed E-state index contributed by atoms with van der Waals surface area (Å²) in [5.74, 6) is 0.386. The van der Waals surface area contributed by atoms with Gasteiger partial charge in [0, 0.05) is 37.8 Å². The third kappa shape index (κ3) is 3.84. The van der Waals surface area contributed by atoms with Crippen LogP contribution in [0.5, 0.6) is 0 Å². The van der Waals surface area contributed by atoms with E-state index in [0.717, 1.165) is 31.7 Å². The van der Waals surface area contributed by atoms with Crippen LogP contribution in [-0.2, 0) is 11.0 Å². The first-order valence-electron chi connectivity index (χ1n) is 8.66. The largest absolute Gasteiger partial charge is 0.416 e. The molecule has 1 saturated carbocycles. The summed E-state index contributed by atoms with van der Waals surface area (Å²) in [5, 5.41) is 0. The summed E-state index contributed by atoms with van der Waals surface area (Å²) in [6, 6.07) is 5.43. The number of halogens is 3. The Balaban J connectivity index is 1.60. The van der Waals surface area contributed by atoms with Crippen LogP contribution in [0.2, 0.25) is 0 Å². The maximum Gasteiger partial charge on any atom is 0.416 e. The summed E-state index contributed by atoms with van der Waals surface area (Å²) in [7, 11) is 0. The zero-order valence-corrected chi connectivity index (χ0v) is 13.7. The van der Waals surface area contributed by atoms with Crippen LogP contribution in [-0.4, -0.2) is 37.0 Å². The van der Waals surface area contributed by atoms with Crippen molar-refractivity contribution >= 4 is 11.6 Å². The molecule has 1 aromatic carbocycles. The molecular weight excluding hydrogens is 317 g/mol. The van der Waals surface area contributed by atoms with Gasteiger partial charge in [-0.15, -0.1) is 0 Å². The van der Waals surface area contributed by atoms with Gasteiger partial charge in [-0.3, -0.25) is 4.79 Å². The lowest BCUT2D eigenvalue weighted by molar-refractivity contribution is -0.137. The molecule has 0 radical (unpaired) electrons. The van der Waals surface area contributed by atoms with E-state index >= 15 is 0 Å². The number of benzene rings is 1. The second kappa shape index (κ2) is 7.03. The second-order valence-electron chi connectivity index (χ2n) is 6.70. The van der Waals surface area contributed by atoms with E-state index in [2.05, 4.69) is 0 Å². The van der Waals surface area contributed by atoms with Crippen molar-refractivity contribution in [2.45, 2.75) is 38.3 Å². The third-order valence-electron chi connectivity index (χ3n) is 5.08. The maximum atomic E-state index is 12.8. The Morgan fingerprint density at radius 3 is 2.29 bits per heavy atom. The van der Waals surface area contributed by atoms with Crippen LogP contribution in [0.1, 0.15) is 37.7 Å². The number of carbonyl (C=O) groups is 1. The minimum atomic E-state index is -4.32. The van der Waals surface area contributed by atoms with Crippen LogP contribution in [0, 0.1) is 5.92 Å². The Hall–Kier alpha value is -1.72. The van der Waals surface area contributed by atoms with E-state index in [1.54, 1.807) is 6.07 Å². The predicted molar refractivity (Wildman–Crippen MR) is 86.8 cm³/mol. The van der Waals surface area contributed by atoms with Gasteiger partial charge in [0.05, 0.1) is 5.56 Å². The van der Waals surface area contributed by atoms with Crippen LogP contribution in [0.15, 0.2) is 24.3 Å². The van der Waals surface area contributed by atoms with Crippen molar-refractivity contribution < 1.29 is 18.0 Å². The van der Waals surface area contributed by atoms with Gasteiger partial charge in [0.15, 0.2) is 0 Å². The molecule has 0 atom stereocenters. The normalized spacial score (nSPS) is 20.3. The molecule has 0 bridgehead atoms. The highest BCUT2D eigenvalue weighted by Crippen LogP contribution is 2.32. The molecule has 1 heterocycles. The summed E-state index contributed by atoms with van der Waals surface area (Å²) < 4.78 is 38.5. The topological polar surface area (TPSA) is 23.6 Å². The molecule has 6 heteroatoms. The van der Waals surface area contributed by atoms with Crippen molar-refractivity contribution in [3.8, 4) is 0 Å². The zero-order valence-electron chi connectivity index (χ0n) is 13.7. The number of rotatable bonds is 2. The van der Waals surface area contributed by atoms with E-state index in [1.165, 1.54) is 18.6 Å². The Bertz CT molecular complexity index is 574. The number of nitrogens with zero attached hydrogens (tertiary/aromatic N) is 2. The molecule has 1 saturated heterocycles. The second-order valence-corrected chi connectivity index (χ2v) is 6.70. The summed E-state index contributed by atoms with van der Waals surface area (Å²) in [6.07, 6.45) is 1.10. The van der Waals surface area contributed by atoms with E-state index in [-0.39, 0.29) is 11.8 Å². The molecule has 132 valence electrons. The van der Waals surface area contributed by atoms with Crippen molar-refractivity contribution in [1.29, 1.82) is 0 Å². The number of amides is 1. The molecule has 3 nitrogen and oxygen atoms in total. The Labute approximate surface area is 140 Å². The molecule has 24 heavy (non-hydrogen) atoms. The van der Waals surface area contributed by atoms with Gasteiger partial charge >= 0.3 is 6.18 Å². The smallest absolute Gasteiger partial charge is 0.368 e. The van der Waals surface area contributed by atoms with E-state index in [0.29, 0.717) is 31.9 Å². The van der Waals surface area contributed by atoms with Gasteiger partial charge in [0.2, 0.25) is 5.91 Å². The fraction of sp³-hybridized carbons (Fsp3) is 0.611. The molecule has 0 N–H and O–H groups in total. The highest BCUT2D eigenvalue weighted by atomic mass is 19.4. The fourth-order valence-electron chi connectivity index (χ4n) is 3.67. The molecule has 2 fully saturated rings. The van der Waals surface area contributed by atoms with Crippen LogP contribution >= 0.6 is 0 Å². The van der Waals surface area contributed by atoms with Crippen molar-refractivity contribution in [3.05, 3.63) is 29.8 Å². The lowest BCUT2D eigenvalue weighted by Crippen LogP contribution is -2.50. The highest BCUT2D eigenvalue weighted by Gasteiger charge is 2.32. The molecule has 2 aliphatic rings. The van der Waals surface area contributed by atoms with Crippen LogP contribution < -0.4 is 4.90 Å². The van der Waals surface area contributed by atoms with E-state index in [1.807, 2.05) is 9.80 Å². The maximum absolute atomic E-state index is 12.8. The first-order valence-corrected chi connectivity index (χ1v) is 8.66. The van der Waals surface area contributed by atoms with Gasteiger partial charge in [-0.25, -0.2) is 0 Å². The van der Waals surface area contributed by atoms with Crippen LogP contribution in [0.3, 0.4) is 0 Å². The number of hydrogen-bond acceptors (Lipinski definition) is 2. The van der Waals surface area contributed by atoms with Crippen LogP contribution in [0.4, 0.5) is 18.9 Å². The van der Waals surface area contributed by atoms with Gasteiger partial charge in [-0.05, 0) is 31.0 Å². The van der Waals surface area contributed by atoms with Gasteiger partial charge < -0.3 is 9.80 Å². The third-order valence-corrected chi connectivity index (χ3v) is 5.08. The van der Waals surface area contributed by atoms with E-state index < -0.39 is 11.7 Å². The molecule has 1 amide bonds. The van der Waals surface area contributed by atoms with Crippen molar-refractivity contribution in [1.82, 2.24) is 4.90 Å². The average molecular weight is 340 g/mol. The lowest BCUT2D eigenvalue weighted by atomic mass is 9.88. The summed E-state index contributed by atoms with van der Waals surface area (Å²) in [4.78, 5) is 16.4. The zero-order chi connectivity index (χ0) is 17.2. The summed E-state index contributed by atoms with van der Waals surface area (Å²) >= 11 is 0. The molecule has 0 unspecified atom stereocenters. The number of hydrogen-bond donors (Lipinski definition) is 0. The molecule has 0 spiro atoms. The predicted octanol–water partition coefficient (Wildman–Crippen LogP) is 3.93. The Morgan fingerprint density at radius 1 is 1.00 bits per heavy atom. The van der Waals surface area contributed by atoms with Gasteiger partial charge in [0.25, 0.3) is 0 Å². The van der Waals surface area contributed by atoms with E-state index in [4.69, 9.17) is 0 Å². The van der Waals surface area contributed by atoms with Gasteiger partial charge in [-0.1, -0.05) is 25.3 Å². The van der Waals surface area contributed by atoms with E-state index in [9.17, 15) is 18.0 Å². The molecule has 3 rings (SSSR count). The van der Waals surface area contributed by atoms with Crippen molar-refractivity contribution in [3.63, 3.8) is 0 Å². The summed E-state index contributed by atoms with van der Waals surface area (Å²) in [5.41, 5.74) is -0.0460. The lowest BCUT2D eigenvalue weighted by Gasteiger charge is -2.38. The first kappa shape index (κ1) is 17.1. The molecule has 1 aliphatic carbocycles. The minimum absolute atomic E-state index is 0.152. The Kier molecular flexibility index (Phi) is 5.01. The molecule has 1 aromatic rings. The fourth-order valence-corrected chi connectivity index (χ4v) is 3.67. The number of piperazine rings is 1. The quantitative estimate of drug-likeness (QED) is 0.814. The monoisotopic (exact) mass is 340 g/mol. The number of anilines is 1. The van der Waals surface area contributed by atoms with Gasteiger partial charge in [0.1, 0.15) is 0 Å². The Morgan fingerprint density at radius 2 is 1.67 bits per heavy atom. The number of alkyl halides is 3. The first-order chi connectivity index (χ1) is 11.4. The molecule has 0 aromatic heterocycles. The van der Waals surface area contributed by atoms with Crippen molar-refractivity contribution in [2.75, 3.05) is 31.1 Å². The standard InChI is InChI=1S/C18H23F3N2O/c19-18(20,21)15-7-4-8-16(13-15)22-9-11-23(12-10-22)17(24)14-5-2-1-3-6-14/h4,7-8,13-14H,1-3,5-6,9-12H2. The van der Waals surface area contributed by atoms with Gasteiger partial charge in [-0.2, -0.15) is 13.2 Å². The molecule has 1 aliphatic heterocycles. The average Bonchev–Trinajstić information content (AvgIpc) is 2.61. The minimum Gasteiger partial charge on any atom is -0.368 e. The highest BCUT2D eigenvalue weighted by molar-refractivity contribution is 5.79. The SMILES string of the molecule is O=C(C1CCCCC1)N1CCN(c2cccc(C(F)(F)F)c2)CC1. The summed E-state index contributed by atoms with van der Waals surface area (Å²) in [6.45, 7) is 2.34. The van der Waals surface area contributed by atoms with Crippen molar-refractivity contribution in [2.24, 2.45) is 5.92 Å². The number of carbonyl (C=O) groups excluding carboxylic acids is 1.